The van der Waals surface area contributed by atoms with Crippen molar-refractivity contribution in [2.75, 3.05) is 29.2 Å². The molecule has 1 aliphatic carbocycles. The number of amides is 3. The van der Waals surface area contributed by atoms with Crippen LogP contribution in [0.25, 0.3) is 0 Å². The fourth-order valence-corrected chi connectivity index (χ4v) is 3.20. The second kappa shape index (κ2) is 6.71. The Hall–Kier alpha value is -3.02. The predicted octanol–water partition coefficient (Wildman–Crippen LogP) is 3.64. The van der Waals surface area contributed by atoms with E-state index in [0.717, 1.165) is 42.8 Å². The van der Waals surface area contributed by atoms with Crippen LogP contribution in [0.1, 0.15) is 18.4 Å². The first-order chi connectivity index (χ1) is 12.6. The molecule has 0 bridgehead atoms. The van der Waals surface area contributed by atoms with Crippen LogP contribution < -0.4 is 20.3 Å². The number of hydrogen-bond acceptors (Lipinski definition) is 3. The molecule has 1 aliphatic heterocycles. The van der Waals surface area contributed by atoms with E-state index in [1.165, 1.54) is 0 Å². The van der Waals surface area contributed by atoms with Gasteiger partial charge in [0.15, 0.2) is 0 Å². The summed E-state index contributed by atoms with van der Waals surface area (Å²) in [6.07, 6.45) is 2.85. The number of fused-ring (bicyclic) bond motifs is 1. The third kappa shape index (κ3) is 3.35. The van der Waals surface area contributed by atoms with Crippen LogP contribution in [0.15, 0.2) is 42.5 Å². The molecule has 3 amide bonds. The lowest BCUT2D eigenvalue weighted by atomic mass is 10.1. The third-order valence-electron chi connectivity index (χ3n) is 4.78. The van der Waals surface area contributed by atoms with E-state index in [4.69, 9.17) is 4.74 Å². The van der Waals surface area contributed by atoms with Crippen molar-refractivity contribution in [2.24, 2.45) is 5.92 Å². The Morgan fingerprint density at radius 2 is 1.73 bits per heavy atom. The lowest BCUT2D eigenvalue weighted by Crippen LogP contribution is -2.30. The number of ether oxygens (including phenoxy) is 1. The van der Waals surface area contributed by atoms with E-state index in [9.17, 15) is 9.59 Å². The summed E-state index contributed by atoms with van der Waals surface area (Å²) in [7, 11) is 1.60. The molecular weight excluding hydrogens is 330 g/mol. The molecule has 6 heteroatoms. The largest absolute Gasteiger partial charge is 0.497 e. The molecule has 2 aliphatic rings. The maximum atomic E-state index is 12.4. The highest BCUT2D eigenvalue weighted by atomic mass is 16.5. The molecule has 0 spiro atoms. The van der Waals surface area contributed by atoms with Gasteiger partial charge in [0.05, 0.1) is 7.11 Å². The van der Waals surface area contributed by atoms with Crippen LogP contribution >= 0.6 is 0 Å². The quantitative estimate of drug-likeness (QED) is 0.883. The van der Waals surface area contributed by atoms with Crippen LogP contribution in [0.5, 0.6) is 5.75 Å². The molecule has 6 nitrogen and oxygen atoms in total. The molecule has 1 heterocycles. The summed E-state index contributed by atoms with van der Waals surface area (Å²) in [5.74, 6) is 1.13. The molecule has 134 valence electrons. The second-order valence-corrected chi connectivity index (χ2v) is 6.67. The van der Waals surface area contributed by atoms with Crippen molar-refractivity contribution < 1.29 is 14.3 Å². The SMILES string of the molecule is COc1ccc(NC(=O)Nc2ccc3c(c2)N(C(=O)C2CC2)CC3)cc1. The fraction of sp³-hybridized carbons (Fsp3) is 0.300. The Bertz CT molecular complexity index is 844. The first-order valence-electron chi connectivity index (χ1n) is 8.80. The number of hydrogen-bond donors (Lipinski definition) is 2. The number of anilines is 3. The molecule has 0 unspecified atom stereocenters. The van der Waals surface area contributed by atoms with Gasteiger partial charge in [-0.1, -0.05) is 6.07 Å². The molecule has 2 aromatic carbocycles. The predicted molar refractivity (Wildman–Crippen MR) is 101 cm³/mol. The molecule has 2 N–H and O–H groups in total. The van der Waals surface area contributed by atoms with E-state index in [0.29, 0.717) is 11.4 Å². The standard InChI is InChI=1S/C20H21N3O3/c1-26-17-8-6-15(7-9-17)21-20(25)22-16-5-4-13-10-11-23(18(13)12-16)19(24)14-2-3-14/h4-9,12,14H,2-3,10-11H2,1H3,(H2,21,22,25). The molecule has 0 aromatic heterocycles. The van der Waals surface area contributed by atoms with Gasteiger partial charge in [-0.15, -0.1) is 0 Å². The van der Waals surface area contributed by atoms with Gasteiger partial charge < -0.3 is 20.3 Å². The number of nitrogens with zero attached hydrogens (tertiary/aromatic N) is 1. The summed E-state index contributed by atoms with van der Waals surface area (Å²) in [6, 6.07) is 12.5. The molecule has 0 saturated heterocycles. The minimum absolute atomic E-state index is 0.191. The molecule has 4 rings (SSSR count). The number of methoxy groups -OCH3 is 1. The highest BCUT2D eigenvalue weighted by molar-refractivity contribution is 6.02. The van der Waals surface area contributed by atoms with Crippen LogP contribution in [0, 0.1) is 5.92 Å². The van der Waals surface area contributed by atoms with Crippen LogP contribution in [-0.4, -0.2) is 25.6 Å². The lowest BCUT2D eigenvalue weighted by Gasteiger charge is -2.18. The van der Waals surface area contributed by atoms with E-state index in [1.54, 1.807) is 31.4 Å². The Balaban J connectivity index is 1.44. The number of carbonyl (C=O) groups is 2. The Morgan fingerprint density at radius 1 is 1.04 bits per heavy atom. The normalized spacial score (nSPS) is 15.3. The van der Waals surface area contributed by atoms with Crippen molar-refractivity contribution in [3.8, 4) is 5.75 Å². The number of carbonyl (C=O) groups excluding carboxylic acids is 2. The number of rotatable bonds is 4. The maximum absolute atomic E-state index is 12.4. The summed E-state index contributed by atoms with van der Waals surface area (Å²) in [5.41, 5.74) is 3.42. The minimum Gasteiger partial charge on any atom is -0.497 e. The molecule has 0 radical (unpaired) electrons. The average Bonchev–Trinajstić information content (AvgIpc) is 3.41. The molecule has 1 saturated carbocycles. The van der Waals surface area contributed by atoms with Gasteiger partial charge in [-0.2, -0.15) is 0 Å². The van der Waals surface area contributed by atoms with Crippen LogP contribution in [0.2, 0.25) is 0 Å². The van der Waals surface area contributed by atoms with Crippen molar-refractivity contribution in [1.82, 2.24) is 0 Å². The van der Waals surface area contributed by atoms with Gasteiger partial charge in [0.1, 0.15) is 5.75 Å². The molecule has 1 fully saturated rings. The Morgan fingerprint density at radius 3 is 2.42 bits per heavy atom. The number of urea groups is 1. The van der Waals surface area contributed by atoms with Crippen LogP contribution in [-0.2, 0) is 11.2 Å². The Kier molecular flexibility index (Phi) is 4.24. The monoisotopic (exact) mass is 351 g/mol. The first kappa shape index (κ1) is 16.4. The summed E-state index contributed by atoms with van der Waals surface area (Å²) in [4.78, 5) is 26.5. The zero-order chi connectivity index (χ0) is 18.1. The van der Waals surface area contributed by atoms with E-state index < -0.39 is 0 Å². The van der Waals surface area contributed by atoms with E-state index in [2.05, 4.69) is 10.6 Å². The number of nitrogens with one attached hydrogen (secondary N) is 2. The van der Waals surface area contributed by atoms with Gasteiger partial charge in [0.25, 0.3) is 0 Å². The smallest absolute Gasteiger partial charge is 0.323 e. The lowest BCUT2D eigenvalue weighted by molar-refractivity contribution is -0.119. The molecule has 2 aromatic rings. The van der Waals surface area contributed by atoms with Crippen molar-refractivity contribution in [3.05, 3.63) is 48.0 Å². The first-order valence-corrected chi connectivity index (χ1v) is 8.80. The van der Waals surface area contributed by atoms with Gasteiger partial charge in [-0.25, -0.2) is 4.79 Å². The van der Waals surface area contributed by atoms with Gasteiger partial charge in [0, 0.05) is 29.5 Å². The van der Waals surface area contributed by atoms with Crippen LogP contribution in [0.4, 0.5) is 21.9 Å². The average molecular weight is 351 g/mol. The zero-order valence-corrected chi connectivity index (χ0v) is 14.6. The van der Waals surface area contributed by atoms with Gasteiger partial charge >= 0.3 is 6.03 Å². The molecular formula is C20H21N3O3. The third-order valence-corrected chi connectivity index (χ3v) is 4.78. The second-order valence-electron chi connectivity index (χ2n) is 6.67. The molecule has 26 heavy (non-hydrogen) atoms. The van der Waals surface area contributed by atoms with Gasteiger partial charge in [-0.05, 0) is 61.2 Å². The van der Waals surface area contributed by atoms with Crippen molar-refractivity contribution >= 4 is 29.0 Å². The summed E-state index contributed by atoms with van der Waals surface area (Å²) in [5, 5.41) is 5.62. The highest BCUT2D eigenvalue weighted by Gasteiger charge is 2.36. The molecule has 0 atom stereocenters. The van der Waals surface area contributed by atoms with E-state index >= 15 is 0 Å². The summed E-state index contributed by atoms with van der Waals surface area (Å²) < 4.78 is 5.10. The van der Waals surface area contributed by atoms with E-state index in [-0.39, 0.29) is 17.9 Å². The van der Waals surface area contributed by atoms with E-state index in [1.807, 2.05) is 23.1 Å². The van der Waals surface area contributed by atoms with Gasteiger partial charge in [0.2, 0.25) is 5.91 Å². The van der Waals surface area contributed by atoms with Crippen molar-refractivity contribution in [3.63, 3.8) is 0 Å². The topological polar surface area (TPSA) is 70.7 Å². The number of benzene rings is 2. The maximum Gasteiger partial charge on any atom is 0.323 e. The highest BCUT2D eigenvalue weighted by Crippen LogP contribution is 2.37. The zero-order valence-electron chi connectivity index (χ0n) is 14.6. The Labute approximate surface area is 152 Å². The van der Waals surface area contributed by atoms with Crippen molar-refractivity contribution in [2.45, 2.75) is 19.3 Å². The minimum atomic E-state index is -0.326. The van der Waals surface area contributed by atoms with Gasteiger partial charge in [-0.3, -0.25) is 4.79 Å². The van der Waals surface area contributed by atoms with Crippen molar-refractivity contribution in [1.29, 1.82) is 0 Å². The summed E-state index contributed by atoms with van der Waals surface area (Å²) in [6.45, 7) is 0.728. The fourth-order valence-electron chi connectivity index (χ4n) is 3.20. The van der Waals surface area contributed by atoms with Crippen LogP contribution in [0.3, 0.4) is 0 Å². The summed E-state index contributed by atoms with van der Waals surface area (Å²) >= 11 is 0.